The number of carboxylic acid groups (broad SMARTS) is 1. The summed E-state index contributed by atoms with van der Waals surface area (Å²) in [6, 6.07) is 4.30. The van der Waals surface area contributed by atoms with Gasteiger partial charge in [0.05, 0.1) is 0 Å². The van der Waals surface area contributed by atoms with Crippen LogP contribution >= 0.6 is 0 Å². The summed E-state index contributed by atoms with van der Waals surface area (Å²) in [7, 11) is 0. The van der Waals surface area contributed by atoms with E-state index in [0.29, 0.717) is 12.0 Å². The first-order chi connectivity index (χ1) is 9.06. The Bertz CT molecular complexity index is 442. The molecule has 0 spiro atoms. The van der Waals surface area contributed by atoms with E-state index in [1.807, 2.05) is 6.07 Å². The maximum atomic E-state index is 10.9. The Morgan fingerprint density at radius 3 is 2.84 bits per heavy atom. The van der Waals surface area contributed by atoms with Crippen LogP contribution in [0.2, 0.25) is 0 Å². The summed E-state index contributed by atoms with van der Waals surface area (Å²) in [6.45, 7) is 6.40. The highest BCUT2D eigenvalue weighted by Crippen LogP contribution is 2.28. The third kappa shape index (κ3) is 4.31. The number of rotatable bonds is 7. The highest BCUT2D eigenvalue weighted by atomic mass is 16.4. The van der Waals surface area contributed by atoms with Gasteiger partial charge in [-0.25, -0.2) is 9.78 Å². The van der Waals surface area contributed by atoms with Crippen LogP contribution in [0.25, 0.3) is 0 Å². The number of pyridine rings is 1. The third-order valence-corrected chi connectivity index (χ3v) is 3.49. The van der Waals surface area contributed by atoms with Crippen LogP contribution in [-0.2, 0) is 6.54 Å². The van der Waals surface area contributed by atoms with Crippen molar-refractivity contribution in [2.45, 2.75) is 45.7 Å². The topological polar surface area (TPSA) is 53.4 Å². The van der Waals surface area contributed by atoms with E-state index in [1.165, 1.54) is 19.3 Å². The van der Waals surface area contributed by atoms with Crippen molar-refractivity contribution in [3.63, 3.8) is 0 Å². The molecule has 1 fully saturated rings. The fourth-order valence-electron chi connectivity index (χ4n) is 2.18. The first-order valence-corrected chi connectivity index (χ1v) is 6.98. The molecule has 0 saturated heterocycles. The molecule has 1 saturated carbocycles. The Hall–Kier alpha value is -1.42. The monoisotopic (exact) mass is 262 g/mol. The minimum Gasteiger partial charge on any atom is -0.477 e. The molecule has 0 atom stereocenters. The Morgan fingerprint density at radius 1 is 1.53 bits per heavy atom. The summed E-state index contributed by atoms with van der Waals surface area (Å²) in [6.07, 6.45) is 5.32. The number of carboxylic acids is 1. The molecular formula is C15H22N2O2. The number of hydrogen-bond acceptors (Lipinski definition) is 3. The van der Waals surface area contributed by atoms with Crippen LogP contribution < -0.4 is 0 Å². The number of nitrogens with zero attached hydrogens (tertiary/aromatic N) is 2. The van der Waals surface area contributed by atoms with Gasteiger partial charge in [0, 0.05) is 18.8 Å². The van der Waals surface area contributed by atoms with Gasteiger partial charge in [0.15, 0.2) is 0 Å². The van der Waals surface area contributed by atoms with Crippen molar-refractivity contribution in [3.8, 4) is 0 Å². The van der Waals surface area contributed by atoms with Gasteiger partial charge in [-0.1, -0.05) is 13.8 Å². The van der Waals surface area contributed by atoms with Gasteiger partial charge in [-0.3, -0.25) is 4.90 Å². The van der Waals surface area contributed by atoms with Crippen molar-refractivity contribution < 1.29 is 9.90 Å². The van der Waals surface area contributed by atoms with Crippen molar-refractivity contribution in [1.82, 2.24) is 9.88 Å². The molecule has 4 nitrogen and oxygen atoms in total. The second-order valence-corrected chi connectivity index (χ2v) is 5.74. The minimum atomic E-state index is -0.956. The lowest BCUT2D eigenvalue weighted by molar-refractivity contribution is 0.0690. The molecule has 19 heavy (non-hydrogen) atoms. The van der Waals surface area contributed by atoms with Crippen LogP contribution in [0.1, 0.15) is 49.2 Å². The van der Waals surface area contributed by atoms with Gasteiger partial charge in [0.2, 0.25) is 0 Å². The molecule has 0 unspecified atom stereocenters. The summed E-state index contributed by atoms with van der Waals surface area (Å²) < 4.78 is 0. The van der Waals surface area contributed by atoms with Crippen LogP contribution in [0.4, 0.5) is 0 Å². The molecule has 1 aromatic heterocycles. The van der Waals surface area contributed by atoms with E-state index in [2.05, 4.69) is 23.7 Å². The molecule has 2 rings (SSSR count). The number of aromatic carboxylic acids is 1. The largest absolute Gasteiger partial charge is 0.477 e. The highest BCUT2D eigenvalue weighted by molar-refractivity contribution is 5.85. The van der Waals surface area contributed by atoms with Crippen molar-refractivity contribution in [2.75, 3.05) is 6.54 Å². The van der Waals surface area contributed by atoms with E-state index in [-0.39, 0.29) is 5.69 Å². The Balaban J connectivity index is 2.00. The Kier molecular flexibility index (Phi) is 4.53. The predicted octanol–water partition coefficient (Wildman–Crippen LogP) is 2.79. The first kappa shape index (κ1) is 14.0. The second kappa shape index (κ2) is 6.15. The zero-order valence-corrected chi connectivity index (χ0v) is 11.7. The molecule has 104 valence electrons. The van der Waals surface area contributed by atoms with Gasteiger partial charge < -0.3 is 5.11 Å². The van der Waals surface area contributed by atoms with E-state index in [1.54, 1.807) is 12.3 Å². The number of carbonyl (C=O) groups is 1. The molecule has 0 amide bonds. The van der Waals surface area contributed by atoms with Crippen molar-refractivity contribution in [3.05, 3.63) is 29.6 Å². The maximum Gasteiger partial charge on any atom is 0.354 e. The van der Waals surface area contributed by atoms with Gasteiger partial charge in [-0.2, -0.15) is 0 Å². The average Bonchev–Trinajstić information content (AvgIpc) is 3.18. The van der Waals surface area contributed by atoms with Gasteiger partial charge in [0.25, 0.3) is 0 Å². The second-order valence-electron chi connectivity index (χ2n) is 5.74. The molecule has 0 aromatic carbocycles. The Morgan fingerprint density at radius 2 is 2.26 bits per heavy atom. The standard InChI is InChI=1S/C15H22N2O2/c1-11(2)6-8-17(13-3-4-13)10-12-5-7-16-14(9-12)15(18)19/h5,7,9,11,13H,3-4,6,8,10H2,1-2H3,(H,18,19). The lowest BCUT2D eigenvalue weighted by Gasteiger charge is -2.23. The normalized spacial score (nSPS) is 15.2. The van der Waals surface area contributed by atoms with E-state index in [9.17, 15) is 4.79 Å². The molecule has 1 aromatic rings. The summed E-state index contributed by atoms with van der Waals surface area (Å²) >= 11 is 0. The lowest BCUT2D eigenvalue weighted by Crippen LogP contribution is -2.27. The minimum absolute atomic E-state index is 0.136. The maximum absolute atomic E-state index is 10.9. The quantitative estimate of drug-likeness (QED) is 0.821. The van der Waals surface area contributed by atoms with Crippen LogP contribution in [-0.4, -0.2) is 33.5 Å². The average molecular weight is 262 g/mol. The molecular weight excluding hydrogens is 240 g/mol. The van der Waals surface area contributed by atoms with Crippen LogP contribution in [0.5, 0.6) is 0 Å². The Labute approximate surface area is 114 Å². The molecule has 0 radical (unpaired) electrons. The van der Waals surface area contributed by atoms with E-state index >= 15 is 0 Å². The number of hydrogen-bond donors (Lipinski definition) is 1. The predicted molar refractivity (Wildman–Crippen MR) is 74.1 cm³/mol. The van der Waals surface area contributed by atoms with E-state index < -0.39 is 5.97 Å². The SMILES string of the molecule is CC(C)CCN(Cc1ccnc(C(=O)O)c1)C1CC1. The smallest absolute Gasteiger partial charge is 0.354 e. The molecule has 4 heteroatoms. The fraction of sp³-hybridized carbons (Fsp3) is 0.600. The molecule has 1 aliphatic carbocycles. The van der Waals surface area contributed by atoms with E-state index in [0.717, 1.165) is 18.7 Å². The summed E-state index contributed by atoms with van der Waals surface area (Å²) in [5.41, 5.74) is 1.18. The third-order valence-electron chi connectivity index (χ3n) is 3.49. The highest BCUT2D eigenvalue weighted by Gasteiger charge is 2.28. The van der Waals surface area contributed by atoms with Crippen LogP contribution in [0.15, 0.2) is 18.3 Å². The van der Waals surface area contributed by atoms with Crippen molar-refractivity contribution in [2.24, 2.45) is 5.92 Å². The van der Waals surface area contributed by atoms with Gasteiger partial charge >= 0.3 is 5.97 Å². The molecule has 1 N–H and O–H groups in total. The summed E-state index contributed by atoms with van der Waals surface area (Å²) in [4.78, 5) is 17.3. The van der Waals surface area contributed by atoms with Crippen LogP contribution in [0.3, 0.4) is 0 Å². The molecule has 0 bridgehead atoms. The summed E-state index contributed by atoms with van der Waals surface area (Å²) in [5, 5.41) is 8.96. The number of aromatic nitrogens is 1. The first-order valence-electron chi connectivity index (χ1n) is 6.98. The lowest BCUT2D eigenvalue weighted by atomic mass is 10.1. The summed E-state index contributed by atoms with van der Waals surface area (Å²) in [5.74, 6) is -0.254. The van der Waals surface area contributed by atoms with Gasteiger partial charge in [-0.15, -0.1) is 0 Å². The zero-order chi connectivity index (χ0) is 13.8. The van der Waals surface area contributed by atoms with E-state index in [4.69, 9.17) is 5.11 Å². The molecule has 1 aliphatic rings. The molecule has 1 heterocycles. The van der Waals surface area contributed by atoms with Crippen molar-refractivity contribution in [1.29, 1.82) is 0 Å². The van der Waals surface area contributed by atoms with Gasteiger partial charge in [0.1, 0.15) is 5.69 Å². The molecule has 0 aliphatic heterocycles. The zero-order valence-electron chi connectivity index (χ0n) is 11.7. The fourth-order valence-corrected chi connectivity index (χ4v) is 2.18. The van der Waals surface area contributed by atoms with Crippen molar-refractivity contribution >= 4 is 5.97 Å². The van der Waals surface area contributed by atoms with Gasteiger partial charge in [-0.05, 0) is 49.4 Å². The van der Waals surface area contributed by atoms with Crippen LogP contribution in [0, 0.1) is 5.92 Å².